The summed E-state index contributed by atoms with van der Waals surface area (Å²) in [4.78, 5) is 23.5. The predicted octanol–water partition coefficient (Wildman–Crippen LogP) is 6.06. The lowest BCUT2D eigenvalue weighted by Crippen LogP contribution is -2.49. The summed E-state index contributed by atoms with van der Waals surface area (Å²) < 4.78 is 2.35. The Morgan fingerprint density at radius 2 is 1.64 bits per heavy atom. The molecule has 3 N–H and O–H groups in total. The van der Waals surface area contributed by atoms with Crippen LogP contribution in [0, 0.1) is 6.92 Å². The third-order valence-corrected chi connectivity index (χ3v) is 9.29. The molecule has 0 atom stereocenters. The van der Waals surface area contributed by atoms with Gasteiger partial charge in [0, 0.05) is 66.1 Å². The summed E-state index contributed by atoms with van der Waals surface area (Å²) in [5.41, 5.74) is 12.1. The minimum Gasteiger partial charge on any atom is -0.383 e. The van der Waals surface area contributed by atoms with Crippen molar-refractivity contribution in [3.05, 3.63) is 65.7 Å². The first-order chi connectivity index (χ1) is 20.4. The standard InChI is InChI=1S/C32H36ClN9/c1-20-26-12-5-22(33)17-28(26)39-32(37-20)38-23-6-3-21(4-7-23)27-18-42(31-29(27)30(34)35-19-36-31)25-10-8-24(9-11-25)41-15-13-40(2)14-16-41/h3-7,12,17-19,24-25H,8-11,13-16H2,1-2H3,(H2,34,35,36)(H,37,38,39)/t24-,25-. The molecule has 1 saturated carbocycles. The molecule has 0 radical (unpaired) electrons. The van der Waals surface area contributed by atoms with E-state index in [9.17, 15) is 0 Å². The fourth-order valence-electron chi connectivity index (χ4n) is 6.67. The van der Waals surface area contributed by atoms with Crippen molar-refractivity contribution in [3.63, 3.8) is 0 Å². The van der Waals surface area contributed by atoms with E-state index in [4.69, 9.17) is 22.3 Å². The van der Waals surface area contributed by atoms with Crippen molar-refractivity contribution in [2.75, 3.05) is 44.3 Å². The molecule has 42 heavy (non-hydrogen) atoms. The second-order valence-corrected chi connectivity index (χ2v) is 12.1. The highest BCUT2D eigenvalue weighted by Gasteiger charge is 2.30. The SMILES string of the molecule is Cc1nc(Nc2ccc(-c3cn([C@H]4CC[C@H](N5CCN(C)CC5)CC4)c4ncnc(N)c34)cc2)nc2cc(Cl)ccc12. The van der Waals surface area contributed by atoms with Crippen LogP contribution in [0.4, 0.5) is 17.5 Å². The highest BCUT2D eigenvalue weighted by molar-refractivity contribution is 6.31. The molecule has 1 aliphatic heterocycles. The van der Waals surface area contributed by atoms with Crippen molar-refractivity contribution in [3.8, 4) is 11.1 Å². The molecule has 4 heterocycles. The van der Waals surface area contributed by atoms with E-state index in [0.717, 1.165) is 57.3 Å². The van der Waals surface area contributed by atoms with Crippen LogP contribution in [0.1, 0.15) is 37.4 Å². The number of piperazine rings is 1. The number of hydrogen-bond acceptors (Lipinski definition) is 8. The number of aromatic nitrogens is 5. The Morgan fingerprint density at radius 1 is 0.905 bits per heavy atom. The molecule has 0 bridgehead atoms. The maximum absolute atomic E-state index is 6.46. The van der Waals surface area contributed by atoms with Crippen LogP contribution in [0.25, 0.3) is 33.1 Å². The number of halogens is 1. The lowest BCUT2D eigenvalue weighted by molar-refractivity contribution is 0.0828. The van der Waals surface area contributed by atoms with Gasteiger partial charge in [-0.3, -0.25) is 4.90 Å². The molecule has 2 fully saturated rings. The minimum atomic E-state index is 0.405. The Balaban J connectivity index is 1.13. The molecular weight excluding hydrogens is 546 g/mol. The largest absolute Gasteiger partial charge is 0.383 e. The van der Waals surface area contributed by atoms with Crippen molar-refractivity contribution in [1.29, 1.82) is 0 Å². The van der Waals surface area contributed by atoms with Crippen LogP contribution in [0.5, 0.6) is 0 Å². The number of nitrogens with zero attached hydrogens (tertiary/aromatic N) is 7. The molecule has 216 valence electrons. The second kappa shape index (κ2) is 11.1. The average molecular weight is 582 g/mol. The van der Waals surface area contributed by atoms with Gasteiger partial charge in [0.25, 0.3) is 0 Å². The third-order valence-electron chi connectivity index (χ3n) is 9.05. The molecule has 1 saturated heterocycles. The fraction of sp³-hybridized carbons (Fsp3) is 0.375. The normalized spacial score (nSPS) is 20.4. The monoisotopic (exact) mass is 581 g/mol. The molecule has 3 aromatic heterocycles. The summed E-state index contributed by atoms with van der Waals surface area (Å²) >= 11 is 6.20. The van der Waals surface area contributed by atoms with Gasteiger partial charge in [-0.1, -0.05) is 23.7 Å². The molecule has 0 spiro atoms. The van der Waals surface area contributed by atoms with Gasteiger partial charge in [-0.25, -0.2) is 19.9 Å². The van der Waals surface area contributed by atoms with Gasteiger partial charge < -0.3 is 20.5 Å². The van der Waals surface area contributed by atoms with Gasteiger partial charge in [0.2, 0.25) is 5.95 Å². The smallest absolute Gasteiger partial charge is 0.228 e. The Morgan fingerprint density at radius 3 is 2.40 bits per heavy atom. The highest BCUT2D eigenvalue weighted by Crippen LogP contribution is 2.39. The van der Waals surface area contributed by atoms with Crippen LogP contribution >= 0.6 is 11.6 Å². The number of likely N-dealkylation sites (N-methyl/N-ethyl adjacent to an activating group) is 1. The molecule has 7 rings (SSSR count). The lowest BCUT2D eigenvalue weighted by Gasteiger charge is -2.41. The molecule has 0 unspecified atom stereocenters. The molecule has 0 amide bonds. The Labute approximate surface area is 250 Å². The average Bonchev–Trinajstić information content (AvgIpc) is 3.39. The number of aryl methyl sites for hydroxylation is 1. The molecule has 5 aromatic rings. The first-order valence-corrected chi connectivity index (χ1v) is 15.2. The van der Waals surface area contributed by atoms with Crippen molar-refractivity contribution >= 4 is 51.0 Å². The quantitative estimate of drug-likeness (QED) is 0.258. The molecule has 2 aliphatic rings. The predicted molar refractivity (Wildman–Crippen MR) is 170 cm³/mol. The second-order valence-electron chi connectivity index (χ2n) is 11.7. The lowest BCUT2D eigenvalue weighted by atomic mass is 9.89. The first-order valence-electron chi connectivity index (χ1n) is 14.8. The zero-order chi connectivity index (χ0) is 28.8. The van der Waals surface area contributed by atoms with Crippen LogP contribution < -0.4 is 11.1 Å². The number of nitrogens with one attached hydrogen (secondary N) is 1. The molecule has 10 heteroatoms. The van der Waals surface area contributed by atoms with Gasteiger partial charge in [0.05, 0.1) is 16.6 Å². The highest BCUT2D eigenvalue weighted by atomic mass is 35.5. The summed E-state index contributed by atoms with van der Waals surface area (Å²) in [6.07, 6.45) is 8.53. The van der Waals surface area contributed by atoms with E-state index in [2.05, 4.69) is 60.0 Å². The number of nitrogens with two attached hydrogens (primary N) is 1. The number of rotatable bonds is 5. The summed E-state index contributed by atoms with van der Waals surface area (Å²) in [6, 6.07) is 15.1. The van der Waals surface area contributed by atoms with Crippen LogP contribution in [-0.4, -0.2) is 73.6 Å². The Kier molecular flexibility index (Phi) is 7.17. The van der Waals surface area contributed by atoms with Crippen molar-refractivity contribution in [2.45, 2.75) is 44.7 Å². The molecule has 1 aliphatic carbocycles. The minimum absolute atomic E-state index is 0.405. The number of hydrogen-bond donors (Lipinski definition) is 2. The molecular formula is C32H36ClN9. The summed E-state index contributed by atoms with van der Waals surface area (Å²) in [5.74, 6) is 1.05. The summed E-state index contributed by atoms with van der Waals surface area (Å²) in [6.45, 7) is 6.67. The Hall–Kier alpha value is -3.79. The van der Waals surface area contributed by atoms with Crippen LogP contribution in [0.3, 0.4) is 0 Å². The van der Waals surface area contributed by atoms with E-state index in [1.165, 1.54) is 39.0 Å². The number of fused-ring (bicyclic) bond motifs is 2. The zero-order valence-electron chi connectivity index (χ0n) is 24.1. The number of anilines is 3. The van der Waals surface area contributed by atoms with Gasteiger partial charge >= 0.3 is 0 Å². The Bertz CT molecular complexity index is 1730. The van der Waals surface area contributed by atoms with Gasteiger partial charge in [-0.15, -0.1) is 0 Å². The van der Waals surface area contributed by atoms with E-state index < -0.39 is 0 Å². The van der Waals surface area contributed by atoms with Crippen LogP contribution in [0.15, 0.2) is 55.0 Å². The summed E-state index contributed by atoms with van der Waals surface area (Å²) in [7, 11) is 2.22. The summed E-state index contributed by atoms with van der Waals surface area (Å²) in [5, 5.41) is 5.91. The maximum Gasteiger partial charge on any atom is 0.228 e. The van der Waals surface area contributed by atoms with E-state index in [0.29, 0.717) is 28.9 Å². The van der Waals surface area contributed by atoms with Crippen LogP contribution in [-0.2, 0) is 0 Å². The number of nitrogen functional groups attached to an aromatic ring is 1. The van der Waals surface area contributed by atoms with E-state index in [-0.39, 0.29) is 0 Å². The number of benzene rings is 2. The van der Waals surface area contributed by atoms with Crippen molar-refractivity contribution in [2.24, 2.45) is 0 Å². The topological polar surface area (TPSA) is 101 Å². The van der Waals surface area contributed by atoms with Gasteiger partial charge in [-0.05, 0) is 75.5 Å². The third kappa shape index (κ3) is 5.17. The molecule has 2 aromatic carbocycles. The first kappa shape index (κ1) is 27.1. The fourth-order valence-corrected chi connectivity index (χ4v) is 6.84. The van der Waals surface area contributed by atoms with Gasteiger partial charge in [0.1, 0.15) is 17.8 Å². The van der Waals surface area contributed by atoms with E-state index >= 15 is 0 Å². The van der Waals surface area contributed by atoms with Gasteiger partial charge in [0.15, 0.2) is 0 Å². The van der Waals surface area contributed by atoms with Crippen molar-refractivity contribution < 1.29 is 0 Å². The van der Waals surface area contributed by atoms with Gasteiger partial charge in [-0.2, -0.15) is 0 Å². The molecule has 9 nitrogen and oxygen atoms in total. The van der Waals surface area contributed by atoms with Crippen molar-refractivity contribution in [1.82, 2.24) is 34.3 Å². The van der Waals surface area contributed by atoms with Crippen LogP contribution in [0.2, 0.25) is 5.02 Å². The van der Waals surface area contributed by atoms with E-state index in [1.54, 1.807) is 6.33 Å². The van der Waals surface area contributed by atoms with E-state index in [1.807, 2.05) is 37.3 Å². The maximum atomic E-state index is 6.46. The zero-order valence-corrected chi connectivity index (χ0v) is 24.8.